The lowest BCUT2D eigenvalue weighted by Gasteiger charge is -2.36. The molecule has 0 spiro atoms. The predicted octanol–water partition coefficient (Wildman–Crippen LogP) is 1.53. The first-order valence-corrected chi connectivity index (χ1v) is 12.1. The molecule has 2 fully saturated rings. The van der Waals surface area contributed by atoms with Gasteiger partial charge in [0.15, 0.2) is 0 Å². The molecule has 2 aliphatic heterocycles. The zero-order valence-electron chi connectivity index (χ0n) is 17.1. The van der Waals surface area contributed by atoms with Crippen molar-refractivity contribution in [3.05, 3.63) is 47.2 Å². The van der Waals surface area contributed by atoms with E-state index < -0.39 is 10.0 Å². The third-order valence-electron chi connectivity index (χ3n) is 5.68. The fourth-order valence-electron chi connectivity index (χ4n) is 3.80. The third-order valence-corrected chi connectivity index (χ3v) is 7.79. The monoisotopic (exact) mass is 450 g/mol. The number of likely N-dealkylation sites (N-methyl/N-ethyl adjacent to an activating group) is 1. The number of aromatic nitrogens is 2. The second-order valence-corrected chi connectivity index (χ2v) is 10.2. The highest BCUT2D eigenvalue weighted by molar-refractivity contribution is 7.88. The van der Waals surface area contributed by atoms with Gasteiger partial charge in [-0.25, -0.2) is 18.4 Å². The zero-order chi connectivity index (χ0) is 21.1. The van der Waals surface area contributed by atoms with Crippen LogP contribution in [0, 0.1) is 0 Å². The van der Waals surface area contributed by atoms with Gasteiger partial charge >= 0.3 is 0 Å². The second-order valence-electron chi connectivity index (χ2n) is 7.79. The minimum absolute atomic E-state index is 0.00870. The number of anilines is 2. The van der Waals surface area contributed by atoms with Crippen molar-refractivity contribution in [2.45, 2.75) is 5.75 Å². The number of hydrogen-bond donors (Lipinski definition) is 0. The van der Waals surface area contributed by atoms with Crippen LogP contribution >= 0.6 is 11.6 Å². The number of rotatable bonds is 5. The first kappa shape index (κ1) is 21.3. The maximum Gasteiger partial charge on any atom is 0.218 e. The van der Waals surface area contributed by atoms with Gasteiger partial charge in [0.05, 0.1) is 5.75 Å². The van der Waals surface area contributed by atoms with Crippen molar-refractivity contribution < 1.29 is 8.42 Å². The SMILES string of the molecule is CN1CCN(c2cc(N3CCN(S(=O)(=O)Cc4ccc(Cl)cc4)CC3)ncn2)CC1. The topological polar surface area (TPSA) is 72.9 Å². The molecule has 1 aromatic carbocycles. The summed E-state index contributed by atoms with van der Waals surface area (Å²) in [6, 6.07) is 8.98. The highest BCUT2D eigenvalue weighted by Crippen LogP contribution is 2.22. The standard InChI is InChI=1S/C20H27ClN6O2S/c1-24-6-8-25(9-7-24)19-14-20(23-16-22-19)26-10-12-27(13-11-26)30(28,29)15-17-2-4-18(21)5-3-17/h2-5,14,16H,6-13,15H2,1H3. The maximum absolute atomic E-state index is 12.8. The van der Waals surface area contributed by atoms with Gasteiger partial charge < -0.3 is 14.7 Å². The molecular formula is C20H27ClN6O2S. The van der Waals surface area contributed by atoms with Gasteiger partial charge in [-0.2, -0.15) is 4.31 Å². The van der Waals surface area contributed by atoms with Crippen molar-refractivity contribution in [2.75, 3.05) is 69.2 Å². The lowest BCUT2D eigenvalue weighted by molar-refractivity contribution is 0.312. The molecule has 0 unspecified atom stereocenters. The molecule has 2 saturated heterocycles. The van der Waals surface area contributed by atoms with Crippen LogP contribution in [0.5, 0.6) is 0 Å². The van der Waals surface area contributed by atoms with Crippen LogP contribution in [0.4, 0.5) is 11.6 Å². The summed E-state index contributed by atoms with van der Waals surface area (Å²) in [5.41, 5.74) is 0.745. The molecule has 2 aromatic rings. The van der Waals surface area contributed by atoms with Gasteiger partial charge in [0.2, 0.25) is 10.0 Å². The van der Waals surface area contributed by atoms with Gasteiger partial charge in [-0.1, -0.05) is 23.7 Å². The molecule has 1 aromatic heterocycles. The Morgan fingerprint density at radius 2 is 1.40 bits per heavy atom. The van der Waals surface area contributed by atoms with Crippen LogP contribution in [0.3, 0.4) is 0 Å². The van der Waals surface area contributed by atoms with Crippen molar-refractivity contribution >= 4 is 33.3 Å². The zero-order valence-corrected chi connectivity index (χ0v) is 18.7. The number of hydrogen-bond acceptors (Lipinski definition) is 7. The smallest absolute Gasteiger partial charge is 0.218 e. The van der Waals surface area contributed by atoms with E-state index in [-0.39, 0.29) is 5.75 Å². The summed E-state index contributed by atoms with van der Waals surface area (Å²) in [6.45, 7) is 6.05. The van der Waals surface area contributed by atoms with E-state index in [1.165, 1.54) is 0 Å². The molecule has 0 aliphatic carbocycles. The van der Waals surface area contributed by atoms with E-state index in [2.05, 4.69) is 31.7 Å². The van der Waals surface area contributed by atoms with E-state index in [4.69, 9.17) is 11.6 Å². The third kappa shape index (κ3) is 5.03. The summed E-state index contributed by atoms with van der Waals surface area (Å²) in [5.74, 6) is 1.78. The Hall–Kier alpha value is -1.94. The Morgan fingerprint density at radius 1 is 0.867 bits per heavy atom. The molecule has 2 aliphatic rings. The number of sulfonamides is 1. The second kappa shape index (κ2) is 9.05. The highest BCUT2D eigenvalue weighted by atomic mass is 35.5. The fraction of sp³-hybridized carbons (Fsp3) is 0.500. The van der Waals surface area contributed by atoms with Crippen LogP contribution in [0.2, 0.25) is 5.02 Å². The van der Waals surface area contributed by atoms with Gasteiger partial charge in [-0.05, 0) is 24.7 Å². The van der Waals surface area contributed by atoms with Gasteiger partial charge in [0, 0.05) is 63.4 Å². The highest BCUT2D eigenvalue weighted by Gasteiger charge is 2.28. The number of piperazine rings is 2. The van der Waals surface area contributed by atoms with Crippen LogP contribution in [0.15, 0.2) is 36.7 Å². The molecule has 0 atom stereocenters. The number of nitrogens with zero attached hydrogens (tertiary/aromatic N) is 6. The predicted molar refractivity (Wildman–Crippen MR) is 120 cm³/mol. The van der Waals surface area contributed by atoms with Crippen molar-refractivity contribution in [3.8, 4) is 0 Å². The summed E-state index contributed by atoms with van der Waals surface area (Å²) in [4.78, 5) is 15.6. The molecule has 0 N–H and O–H groups in total. The quantitative estimate of drug-likeness (QED) is 0.684. The van der Waals surface area contributed by atoms with Gasteiger partial charge in [0.1, 0.15) is 18.0 Å². The first-order chi connectivity index (χ1) is 14.4. The van der Waals surface area contributed by atoms with Crippen molar-refractivity contribution in [3.63, 3.8) is 0 Å². The molecule has 0 bridgehead atoms. The maximum atomic E-state index is 12.8. The molecule has 0 saturated carbocycles. The normalized spacial score (nSPS) is 19.3. The number of halogens is 1. The molecule has 30 heavy (non-hydrogen) atoms. The van der Waals surface area contributed by atoms with Crippen LogP contribution < -0.4 is 9.80 Å². The number of benzene rings is 1. The molecule has 162 valence electrons. The van der Waals surface area contributed by atoms with Crippen molar-refractivity contribution in [2.24, 2.45) is 0 Å². The Morgan fingerprint density at radius 3 is 1.97 bits per heavy atom. The summed E-state index contributed by atoms with van der Waals surface area (Å²) in [5, 5.41) is 0.602. The Bertz CT molecular complexity index is 956. The average molecular weight is 451 g/mol. The lowest BCUT2D eigenvalue weighted by atomic mass is 10.2. The average Bonchev–Trinajstić information content (AvgIpc) is 2.76. The molecule has 3 heterocycles. The van der Waals surface area contributed by atoms with Gasteiger partial charge in [0.25, 0.3) is 0 Å². The minimum atomic E-state index is -3.37. The Balaban J connectivity index is 1.37. The van der Waals surface area contributed by atoms with Gasteiger partial charge in [-0.3, -0.25) is 0 Å². The largest absolute Gasteiger partial charge is 0.354 e. The van der Waals surface area contributed by atoms with Gasteiger partial charge in [-0.15, -0.1) is 0 Å². The van der Waals surface area contributed by atoms with Crippen molar-refractivity contribution in [1.82, 2.24) is 19.2 Å². The fourth-order valence-corrected chi connectivity index (χ4v) is 5.44. The lowest BCUT2D eigenvalue weighted by Crippen LogP contribution is -2.49. The van der Waals surface area contributed by atoms with E-state index in [0.717, 1.165) is 43.4 Å². The Kier molecular flexibility index (Phi) is 6.43. The van der Waals surface area contributed by atoms with Crippen molar-refractivity contribution in [1.29, 1.82) is 0 Å². The summed E-state index contributed by atoms with van der Waals surface area (Å²) < 4.78 is 27.2. The molecule has 4 rings (SSSR count). The molecule has 10 heteroatoms. The summed E-state index contributed by atoms with van der Waals surface area (Å²) >= 11 is 5.89. The van der Waals surface area contributed by atoms with E-state index in [1.807, 2.05) is 6.07 Å². The van der Waals surface area contributed by atoms with E-state index in [1.54, 1.807) is 34.9 Å². The summed E-state index contributed by atoms with van der Waals surface area (Å²) in [7, 11) is -1.24. The first-order valence-electron chi connectivity index (χ1n) is 10.1. The van der Waals surface area contributed by atoms with Crippen LogP contribution in [-0.2, 0) is 15.8 Å². The summed E-state index contributed by atoms with van der Waals surface area (Å²) in [6.07, 6.45) is 1.60. The molecular weight excluding hydrogens is 424 g/mol. The molecule has 0 amide bonds. The van der Waals surface area contributed by atoms with E-state index in [9.17, 15) is 8.42 Å². The van der Waals surface area contributed by atoms with E-state index in [0.29, 0.717) is 31.2 Å². The molecule has 8 nitrogen and oxygen atoms in total. The van der Waals surface area contributed by atoms with Crippen LogP contribution in [-0.4, -0.2) is 87.0 Å². The van der Waals surface area contributed by atoms with E-state index >= 15 is 0 Å². The minimum Gasteiger partial charge on any atom is -0.354 e. The molecule has 0 radical (unpaired) electrons. The van der Waals surface area contributed by atoms with Crippen LogP contribution in [0.25, 0.3) is 0 Å². The van der Waals surface area contributed by atoms with Crippen LogP contribution in [0.1, 0.15) is 5.56 Å². The Labute approximate surface area is 183 Å².